The van der Waals surface area contributed by atoms with E-state index in [-0.39, 0.29) is 5.69 Å². The number of halogens is 2. The van der Waals surface area contributed by atoms with Crippen molar-refractivity contribution < 1.29 is 13.6 Å². The molecule has 156 valence electrons. The number of benzene rings is 2. The van der Waals surface area contributed by atoms with Gasteiger partial charge in [-0.3, -0.25) is 0 Å². The quantitative estimate of drug-likeness (QED) is 0.436. The molecule has 4 aromatic rings. The van der Waals surface area contributed by atoms with Crippen molar-refractivity contribution in [3.05, 3.63) is 84.4 Å². The number of nitrogens with one attached hydrogen (secondary N) is 3. The summed E-state index contributed by atoms with van der Waals surface area (Å²) in [7, 11) is 0. The smallest absolute Gasteiger partial charge is 0.323 e. The van der Waals surface area contributed by atoms with Gasteiger partial charge in [-0.05, 0) is 49.4 Å². The molecule has 0 saturated heterocycles. The Morgan fingerprint density at radius 2 is 1.74 bits per heavy atom. The maximum Gasteiger partial charge on any atom is 0.323 e. The maximum atomic E-state index is 13.6. The number of carbonyl (C=O) groups excluding carboxylic acids is 1. The molecule has 2 amide bonds. The van der Waals surface area contributed by atoms with E-state index in [0.29, 0.717) is 29.2 Å². The van der Waals surface area contributed by atoms with Crippen molar-refractivity contribution in [2.75, 3.05) is 16.0 Å². The minimum atomic E-state index is -0.857. The fraction of sp³-hybridized carbons (Fsp3) is 0.0476. The summed E-state index contributed by atoms with van der Waals surface area (Å²) in [5.74, 6) is 0.219. The Morgan fingerprint density at radius 1 is 0.968 bits per heavy atom. The van der Waals surface area contributed by atoms with Crippen molar-refractivity contribution in [2.24, 2.45) is 0 Å². The molecule has 4 rings (SSSR count). The highest BCUT2D eigenvalue weighted by atomic mass is 19.1. The number of nitrogens with zero attached hydrogens (tertiary/aromatic N) is 4. The zero-order chi connectivity index (χ0) is 21.8. The molecule has 2 aromatic heterocycles. The van der Waals surface area contributed by atoms with Crippen LogP contribution in [-0.4, -0.2) is 25.8 Å². The number of rotatable bonds is 5. The average molecular weight is 421 g/mol. The van der Waals surface area contributed by atoms with Gasteiger partial charge in [-0.15, -0.1) is 0 Å². The van der Waals surface area contributed by atoms with Gasteiger partial charge < -0.3 is 16.0 Å². The Hall–Kier alpha value is -4.34. The largest absolute Gasteiger partial charge is 0.340 e. The highest BCUT2D eigenvalue weighted by Gasteiger charge is 2.09. The third-order valence-corrected chi connectivity index (χ3v) is 4.16. The average Bonchev–Trinajstić information content (AvgIpc) is 3.26. The van der Waals surface area contributed by atoms with Crippen LogP contribution in [0.3, 0.4) is 0 Å². The van der Waals surface area contributed by atoms with Gasteiger partial charge in [-0.25, -0.2) is 28.2 Å². The standard InChI is InChI=1S/C21H17F2N7O/c1-13-25-19(12-20(26-13)30-10-2-9-24-30)27-15-4-6-16(7-5-15)28-21(31)29-18-8-3-14(22)11-17(18)23/h2-12H,1H3,(H,25,26,27)(H2,28,29,31). The lowest BCUT2D eigenvalue weighted by Crippen LogP contribution is -2.20. The van der Waals surface area contributed by atoms with Gasteiger partial charge in [0.25, 0.3) is 0 Å². The highest BCUT2D eigenvalue weighted by molar-refractivity contribution is 5.99. The number of anilines is 4. The fourth-order valence-electron chi connectivity index (χ4n) is 2.80. The second kappa shape index (κ2) is 8.57. The van der Waals surface area contributed by atoms with Crippen LogP contribution in [0.2, 0.25) is 0 Å². The van der Waals surface area contributed by atoms with E-state index in [2.05, 4.69) is 31.0 Å². The Morgan fingerprint density at radius 3 is 2.45 bits per heavy atom. The van der Waals surface area contributed by atoms with Crippen molar-refractivity contribution in [3.63, 3.8) is 0 Å². The Kier molecular flexibility index (Phi) is 5.52. The zero-order valence-electron chi connectivity index (χ0n) is 16.3. The van der Waals surface area contributed by atoms with E-state index in [1.54, 1.807) is 60.4 Å². The van der Waals surface area contributed by atoms with Crippen LogP contribution in [0.5, 0.6) is 0 Å². The molecule has 31 heavy (non-hydrogen) atoms. The minimum absolute atomic E-state index is 0.121. The van der Waals surface area contributed by atoms with Crippen molar-refractivity contribution in [1.29, 1.82) is 0 Å². The molecule has 0 spiro atoms. The van der Waals surface area contributed by atoms with Gasteiger partial charge in [0.2, 0.25) is 0 Å². The van der Waals surface area contributed by atoms with E-state index in [4.69, 9.17) is 0 Å². The highest BCUT2D eigenvalue weighted by Crippen LogP contribution is 2.20. The minimum Gasteiger partial charge on any atom is -0.340 e. The second-order valence-corrected chi connectivity index (χ2v) is 6.51. The normalized spacial score (nSPS) is 10.5. The molecule has 0 aliphatic carbocycles. The van der Waals surface area contributed by atoms with Crippen LogP contribution in [0, 0.1) is 18.6 Å². The van der Waals surface area contributed by atoms with Gasteiger partial charge in [0.1, 0.15) is 23.3 Å². The van der Waals surface area contributed by atoms with E-state index in [1.807, 2.05) is 0 Å². The maximum absolute atomic E-state index is 13.6. The molecule has 10 heteroatoms. The van der Waals surface area contributed by atoms with E-state index >= 15 is 0 Å². The molecule has 0 aliphatic heterocycles. The summed E-state index contributed by atoms with van der Waals surface area (Å²) < 4.78 is 28.2. The van der Waals surface area contributed by atoms with Crippen molar-refractivity contribution >= 4 is 28.9 Å². The Bertz CT molecular complexity index is 1210. The number of aromatic nitrogens is 4. The lowest BCUT2D eigenvalue weighted by atomic mass is 10.2. The first-order valence-electron chi connectivity index (χ1n) is 9.22. The molecule has 0 bridgehead atoms. The molecular formula is C21H17F2N7O. The van der Waals surface area contributed by atoms with Crippen LogP contribution in [-0.2, 0) is 0 Å². The number of hydrogen-bond donors (Lipinski definition) is 3. The van der Waals surface area contributed by atoms with Gasteiger partial charge in [0.05, 0.1) is 5.69 Å². The topological polar surface area (TPSA) is 96.8 Å². The molecule has 8 nitrogen and oxygen atoms in total. The molecule has 0 unspecified atom stereocenters. The SMILES string of the molecule is Cc1nc(Nc2ccc(NC(=O)Nc3ccc(F)cc3F)cc2)cc(-n2cccn2)n1. The first-order valence-corrected chi connectivity index (χ1v) is 9.22. The number of hydrogen-bond acceptors (Lipinski definition) is 5. The molecular weight excluding hydrogens is 404 g/mol. The summed E-state index contributed by atoms with van der Waals surface area (Å²) in [5, 5.41) is 12.3. The van der Waals surface area contributed by atoms with E-state index < -0.39 is 17.7 Å². The summed E-state index contributed by atoms with van der Waals surface area (Å²) in [6.07, 6.45) is 3.45. The lowest BCUT2D eigenvalue weighted by Gasteiger charge is -2.11. The molecule has 2 aromatic carbocycles. The van der Waals surface area contributed by atoms with Crippen molar-refractivity contribution in [2.45, 2.75) is 6.92 Å². The van der Waals surface area contributed by atoms with Crippen molar-refractivity contribution in [3.8, 4) is 5.82 Å². The summed E-state index contributed by atoms with van der Waals surface area (Å²) in [6.45, 7) is 1.79. The van der Waals surface area contributed by atoms with Gasteiger partial charge >= 0.3 is 6.03 Å². The monoisotopic (exact) mass is 421 g/mol. The molecule has 0 saturated carbocycles. The third-order valence-electron chi connectivity index (χ3n) is 4.16. The molecule has 3 N–H and O–H groups in total. The van der Waals surface area contributed by atoms with E-state index in [1.165, 1.54) is 0 Å². The predicted octanol–water partition coefficient (Wildman–Crippen LogP) is 4.64. The summed E-state index contributed by atoms with van der Waals surface area (Å²) in [4.78, 5) is 20.8. The van der Waals surface area contributed by atoms with Crippen LogP contribution in [0.4, 0.5) is 36.5 Å². The molecule has 2 heterocycles. The summed E-state index contributed by atoms with van der Waals surface area (Å²) in [6, 6.07) is 12.7. The van der Waals surface area contributed by atoms with E-state index in [9.17, 15) is 13.6 Å². The van der Waals surface area contributed by atoms with Crippen LogP contribution < -0.4 is 16.0 Å². The first kappa shape index (κ1) is 20.0. The van der Waals surface area contributed by atoms with Gasteiger partial charge in [-0.2, -0.15) is 5.10 Å². The van der Waals surface area contributed by atoms with Crippen LogP contribution in [0.1, 0.15) is 5.82 Å². The van der Waals surface area contributed by atoms with Gasteiger partial charge in [0, 0.05) is 35.9 Å². The fourth-order valence-corrected chi connectivity index (χ4v) is 2.80. The van der Waals surface area contributed by atoms with Crippen molar-refractivity contribution in [1.82, 2.24) is 19.7 Å². The zero-order valence-corrected chi connectivity index (χ0v) is 16.3. The molecule has 0 aliphatic rings. The molecule has 0 fully saturated rings. The molecule has 0 atom stereocenters. The Labute approximate surface area is 176 Å². The van der Waals surface area contributed by atoms with Crippen LogP contribution >= 0.6 is 0 Å². The first-order chi connectivity index (χ1) is 15.0. The third kappa shape index (κ3) is 4.99. The van der Waals surface area contributed by atoms with Gasteiger partial charge in [0.15, 0.2) is 5.82 Å². The Balaban J connectivity index is 1.41. The number of aryl methyl sites for hydroxylation is 1. The lowest BCUT2D eigenvalue weighted by molar-refractivity contribution is 0.262. The van der Waals surface area contributed by atoms with Crippen LogP contribution in [0.15, 0.2) is 67.0 Å². The van der Waals surface area contributed by atoms with E-state index in [0.717, 1.165) is 17.8 Å². The number of amides is 2. The summed E-state index contributed by atoms with van der Waals surface area (Å²) >= 11 is 0. The second-order valence-electron chi connectivity index (χ2n) is 6.51. The predicted molar refractivity (Wildman–Crippen MR) is 113 cm³/mol. The number of carbonyl (C=O) groups is 1. The molecule has 0 radical (unpaired) electrons. The van der Waals surface area contributed by atoms with Crippen LogP contribution in [0.25, 0.3) is 5.82 Å². The summed E-state index contributed by atoms with van der Waals surface area (Å²) in [5.41, 5.74) is 1.10. The van der Waals surface area contributed by atoms with Gasteiger partial charge in [-0.1, -0.05) is 0 Å². The number of urea groups is 1.